The second-order valence-electron chi connectivity index (χ2n) is 6.97. The molecule has 7 nitrogen and oxygen atoms in total. The van der Waals surface area contributed by atoms with Crippen molar-refractivity contribution in [2.75, 3.05) is 7.11 Å². The lowest BCUT2D eigenvalue weighted by Gasteiger charge is -2.15. The summed E-state index contributed by atoms with van der Waals surface area (Å²) in [5.41, 5.74) is 1.98. The number of aromatic nitrogens is 3. The van der Waals surface area contributed by atoms with Crippen LogP contribution in [0.5, 0.6) is 5.75 Å². The van der Waals surface area contributed by atoms with E-state index in [4.69, 9.17) is 4.74 Å². The monoisotopic (exact) mass is 390 g/mol. The lowest BCUT2D eigenvalue weighted by atomic mass is 10.1. The van der Waals surface area contributed by atoms with Crippen molar-refractivity contribution in [3.05, 3.63) is 76.3 Å². The summed E-state index contributed by atoms with van der Waals surface area (Å²) in [6, 6.07) is 16.9. The standard InChI is InChI=1S/C22H22N4O3/c1-14(16-8-5-4-6-9-16)23-21(27)13-25-22(28)19-12-17-18(26(19)15(2)24-25)10-7-11-20(17)29-3/h4-12,14H,13H2,1-3H3,(H,23,27). The summed E-state index contributed by atoms with van der Waals surface area (Å²) in [4.78, 5) is 25.5. The molecule has 0 saturated heterocycles. The van der Waals surface area contributed by atoms with Gasteiger partial charge in [0.2, 0.25) is 5.91 Å². The van der Waals surface area contributed by atoms with E-state index in [1.165, 1.54) is 4.68 Å². The van der Waals surface area contributed by atoms with Crippen LogP contribution in [0.1, 0.15) is 24.4 Å². The number of aryl methyl sites for hydroxylation is 1. The van der Waals surface area contributed by atoms with Crippen LogP contribution in [0.4, 0.5) is 0 Å². The van der Waals surface area contributed by atoms with Crippen LogP contribution in [0.25, 0.3) is 16.4 Å². The minimum Gasteiger partial charge on any atom is -0.496 e. The van der Waals surface area contributed by atoms with E-state index >= 15 is 0 Å². The maximum Gasteiger partial charge on any atom is 0.291 e. The van der Waals surface area contributed by atoms with E-state index in [0.717, 1.165) is 16.5 Å². The number of nitrogens with one attached hydrogen (secondary N) is 1. The molecule has 0 saturated carbocycles. The zero-order chi connectivity index (χ0) is 20.5. The van der Waals surface area contributed by atoms with Crippen molar-refractivity contribution in [2.45, 2.75) is 26.4 Å². The van der Waals surface area contributed by atoms with Gasteiger partial charge in [-0.3, -0.25) is 14.0 Å². The van der Waals surface area contributed by atoms with Crippen molar-refractivity contribution >= 4 is 22.3 Å². The van der Waals surface area contributed by atoms with Gasteiger partial charge in [0.25, 0.3) is 5.56 Å². The van der Waals surface area contributed by atoms with Crippen LogP contribution < -0.4 is 15.6 Å². The number of carbonyl (C=O) groups is 1. The number of amides is 1. The van der Waals surface area contributed by atoms with Gasteiger partial charge >= 0.3 is 0 Å². The molecule has 148 valence electrons. The Labute approximate surface area is 167 Å². The number of rotatable bonds is 5. The molecule has 0 aliphatic rings. The topological polar surface area (TPSA) is 77.6 Å². The van der Waals surface area contributed by atoms with Gasteiger partial charge in [0.1, 0.15) is 23.6 Å². The molecule has 2 aromatic carbocycles. The van der Waals surface area contributed by atoms with Gasteiger partial charge < -0.3 is 10.1 Å². The van der Waals surface area contributed by atoms with Crippen molar-refractivity contribution in [3.63, 3.8) is 0 Å². The van der Waals surface area contributed by atoms with E-state index in [-0.39, 0.29) is 24.1 Å². The molecule has 2 heterocycles. The fourth-order valence-electron chi connectivity index (χ4n) is 3.64. The first kappa shape index (κ1) is 18.7. The third-order valence-electron chi connectivity index (χ3n) is 5.04. The summed E-state index contributed by atoms with van der Waals surface area (Å²) >= 11 is 0. The van der Waals surface area contributed by atoms with E-state index in [9.17, 15) is 9.59 Å². The average molecular weight is 390 g/mol. The fourth-order valence-corrected chi connectivity index (χ4v) is 3.64. The molecule has 29 heavy (non-hydrogen) atoms. The minimum atomic E-state index is -0.323. The molecule has 7 heteroatoms. The van der Waals surface area contributed by atoms with Gasteiger partial charge in [0.05, 0.1) is 18.7 Å². The molecule has 0 aliphatic heterocycles. The van der Waals surface area contributed by atoms with Gasteiger partial charge in [-0.15, -0.1) is 0 Å². The summed E-state index contributed by atoms with van der Waals surface area (Å²) in [6.07, 6.45) is 0. The lowest BCUT2D eigenvalue weighted by Crippen LogP contribution is -2.36. The summed E-state index contributed by atoms with van der Waals surface area (Å²) in [5.74, 6) is 1.03. The molecule has 0 radical (unpaired) electrons. The van der Waals surface area contributed by atoms with E-state index in [2.05, 4.69) is 10.4 Å². The Hall–Kier alpha value is -3.61. The Bertz CT molecular complexity index is 1260. The Kier molecular flexibility index (Phi) is 4.80. The van der Waals surface area contributed by atoms with Gasteiger partial charge in [0, 0.05) is 5.39 Å². The first-order valence-electron chi connectivity index (χ1n) is 9.40. The van der Waals surface area contributed by atoms with Crippen LogP contribution in [0.3, 0.4) is 0 Å². The molecular formula is C22H22N4O3. The number of hydrogen-bond acceptors (Lipinski definition) is 4. The summed E-state index contributed by atoms with van der Waals surface area (Å²) in [5, 5.41) is 8.11. The van der Waals surface area contributed by atoms with Crippen molar-refractivity contribution in [2.24, 2.45) is 0 Å². The summed E-state index contributed by atoms with van der Waals surface area (Å²) in [6.45, 7) is 3.57. The Balaban J connectivity index is 1.68. The largest absolute Gasteiger partial charge is 0.496 e. The zero-order valence-corrected chi connectivity index (χ0v) is 16.5. The molecule has 4 rings (SSSR count). The van der Waals surface area contributed by atoms with Crippen LogP contribution in [0, 0.1) is 6.92 Å². The highest BCUT2D eigenvalue weighted by Crippen LogP contribution is 2.28. The third kappa shape index (κ3) is 3.35. The number of nitrogens with zero attached hydrogens (tertiary/aromatic N) is 3. The quantitative estimate of drug-likeness (QED) is 0.568. The van der Waals surface area contributed by atoms with Crippen LogP contribution >= 0.6 is 0 Å². The van der Waals surface area contributed by atoms with E-state index in [1.54, 1.807) is 17.6 Å². The number of ether oxygens (including phenoxy) is 1. The van der Waals surface area contributed by atoms with E-state index in [0.29, 0.717) is 17.1 Å². The molecule has 0 fully saturated rings. The van der Waals surface area contributed by atoms with Crippen molar-refractivity contribution in [1.29, 1.82) is 0 Å². The highest BCUT2D eigenvalue weighted by molar-refractivity contribution is 5.92. The first-order chi connectivity index (χ1) is 14.0. The zero-order valence-electron chi connectivity index (χ0n) is 16.5. The van der Waals surface area contributed by atoms with Gasteiger partial charge in [-0.05, 0) is 37.6 Å². The number of hydrogen-bond donors (Lipinski definition) is 1. The van der Waals surface area contributed by atoms with Crippen molar-refractivity contribution in [1.82, 2.24) is 19.5 Å². The van der Waals surface area contributed by atoms with Crippen LogP contribution in [-0.2, 0) is 11.3 Å². The number of methoxy groups -OCH3 is 1. The number of benzene rings is 2. The molecule has 0 bridgehead atoms. The molecule has 1 amide bonds. The lowest BCUT2D eigenvalue weighted by molar-refractivity contribution is -0.122. The normalized spacial score (nSPS) is 12.2. The number of carbonyl (C=O) groups excluding carboxylic acids is 1. The summed E-state index contributed by atoms with van der Waals surface area (Å²) in [7, 11) is 1.60. The second-order valence-corrected chi connectivity index (χ2v) is 6.97. The fraction of sp³-hybridized carbons (Fsp3) is 0.227. The van der Waals surface area contributed by atoms with E-state index < -0.39 is 0 Å². The predicted octanol–water partition coefficient (Wildman–Crippen LogP) is 2.84. The molecule has 1 atom stereocenters. The molecule has 4 aromatic rings. The molecular weight excluding hydrogens is 368 g/mol. The van der Waals surface area contributed by atoms with E-state index in [1.807, 2.05) is 62.4 Å². The Morgan fingerprint density at radius 1 is 1.14 bits per heavy atom. The molecule has 0 spiro atoms. The molecule has 1 unspecified atom stereocenters. The molecule has 1 N–H and O–H groups in total. The minimum absolute atomic E-state index is 0.147. The number of fused-ring (bicyclic) bond motifs is 3. The van der Waals surface area contributed by atoms with Crippen LogP contribution in [0.2, 0.25) is 0 Å². The molecule has 2 aromatic heterocycles. The van der Waals surface area contributed by atoms with Crippen LogP contribution in [-0.4, -0.2) is 27.2 Å². The third-order valence-corrected chi connectivity index (χ3v) is 5.04. The Morgan fingerprint density at radius 3 is 2.62 bits per heavy atom. The van der Waals surface area contributed by atoms with Crippen molar-refractivity contribution in [3.8, 4) is 5.75 Å². The SMILES string of the molecule is COc1cccc2c1cc1c(=O)n(CC(=O)NC(C)c3ccccc3)nc(C)n12. The van der Waals surface area contributed by atoms with Gasteiger partial charge in [0.15, 0.2) is 0 Å². The average Bonchev–Trinajstić information content (AvgIpc) is 3.13. The second kappa shape index (κ2) is 7.43. The first-order valence-corrected chi connectivity index (χ1v) is 9.40. The van der Waals surface area contributed by atoms with Gasteiger partial charge in [-0.1, -0.05) is 36.4 Å². The smallest absolute Gasteiger partial charge is 0.291 e. The summed E-state index contributed by atoms with van der Waals surface area (Å²) < 4.78 is 8.41. The van der Waals surface area contributed by atoms with Gasteiger partial charge in [-0.25, -0.2) is 4.68 Å². The van der Waals surface area contributed by atoms with Gasteiger partial charge in [-0.2, -0.15) is 5.10 Å². The maximum atomic E-state index is 13.0. The highest BCUT2D eigenvalue weighted by Gasteiger charge is 2.17. The maximum absolute atomic E-state index is 13.0. The highest BCUT2D eigenvalue weighted by atomic mass is 16.5. The molecule has 0 aliphatic carbocycles. The van der Waals surface area contributed by atoms with Crippen molar-refractivity contribution < 1.29 is 9.53 Å². The Morgan fingerprint density at radius 2 is 1.90 bits per heavy atom. The predicted molar refractivity (Wildman–Crippen MR) is 111 cm³/mol. The van der Waals surface area contributed by atoms with Crippen LogP contribution in [0.15, 0.2) is 59.4 Å².